The van der Waals surface area contributed by atoms with E-state index in [9.17, 15) is 14.4 Å². The van der Waals surface area contributed by atoms with E-state index in [-0.39, 0.29) is 23.0 Å². The van der Waals surface area contributed by atoms with Gasteiger partial charge in [-0.1, -0.05) is 30.3 Å². The smallest absolute Gasteiger partial charge is 0.300 e. The van der Waals surface area contributed by atoms with Gasteiger partial charge in [-0.25, -0.2) is 9.97 Å². The van der Waals surface area contributed by atoms with Gasteiger partial charge in [-0.2, -0.15) is 0 Å². The fourth-order valence-electron chi connectivity index (χ4n) is 4.68. The summed E-state index contributed by atoms with van der Waals surface area (Å²) in [5.41, 5.74) is 2.12. The molecule has 1 saturated heterocycles. The highest BCUT2D eigenvalue weighted by Gasteiger charge is 2.31. The molecule has 0 saturated carbocycles. The number of anilines is 1. The number of ketones is 1. The van der Waals surface area contributed by atoms with Crippen LogP contribution in [0.15, 0.2) is 54.2 Å². The van der Waals surface area contributed by atoms with Crippen LogP contribution in [-0.4, -0.2) is 57.2 Å². The van der Waals surface area contributed by atoms with E-state index in [1.807, 2.05) is 18.2 Å². The van der Waals surface area contributed by atoms with Gasteiger partial charge in [-0.15, -0.1) is 11.3 Å². The zero-order valence-corrected chi connectivity index (χ0v) is 20.7. The Morgan fingerprint density at radius 3 is 2.75 bits per heavy atom. The van der Waals surface area contributed by atoms with Gasteiger partial charge in [0.15, 0.2) is 5.13 Å². The minimum absolute atomic E-state index is 0.145. The highest BCUT2D eigenvalue weighted by Crippen LogP contribution is 2.30. The zero-order valence-electron chi connectivity index (χ0n) is 19.9. The predicted octanol–water partition coefficient (Wildman–Crippen LogP) is 3.56. The molecule has 1 aliphatic heterocycles. The number of thiazole rings is 1. The molecule has 1 atom stereocenters. The van der Waals surface area contributed by atoms with Gasteiger partial charge in [0, 0.05) is 43.3 Å². The van der Waals surface area contributed by atoms with Crippen LogP contribution in [0.3, 0.4) is 0 Å². The van der Waals surface area contributed by atoms with Crippen LogP contribution in [-0.2, 0) is 18.3 Å². The first-order chi connectivity index (χ1) is 17.4. The van der Waals surface area contributed by atoms with Crippen LogP contribution in [0.5, 0.6) is 5.88 Å². The molecule has 0 radical (unpaired) electrons. The summed E-state index contributed by atoms with van der Waals surface area (Å²) in [7, 11) is 3.12. The minimum atomic E-state index is -0.806. The number of aryl methyl sites for hydroxylation is 1. The Labute approximate surface area is 211 Å². The lowest BCUT2D eigenvalue weighted by atomic mass is 9.99. The van der Waals surface area contributed by atoms with Crippen molar-refractivity contribution in [2.24, 2.45) is 13.0 Å². The molecule has 4 aromatic rings. The Kier molecular flexibility index (Phi) is 6.51. The summed E-state index contributed by atoms with van der Waals surface area (Å²) in [5, 5.41) is 4.97. The molecule has 0 aliphatic carbocycles. The summed E-state index contributed by atoms with van der Waals surface area (Å²) in [6.45, 7) is 1.26. The van der Waals surface area contributed by atoms with Gasteiger partial charge in [0.2, 0.25) is 5.88 Å². The number of amides is 2. The molecular formula is C26H25N5O4S. The first kappa shape index (κ1) is 23.7. The molecule has 3 aromatic heterocycles. The van der Waals surface area contributed by atoms with E-state index in [0.717, 1.165) is 12.8 Å². The number of hydrogen-bond acceptors (Lipinski definition) is 7. The monoisotopic (exact) mass is 503 g/mol. The van der Waals surface area contributed by atoms with Gasteiger partial charge in [0.05, 0.1) is 12.6 Å². The number of ether oxygens (including phenoxy) is 1. The average Bonchev–Trinajstić information content (AvgIpc) is 3.63. The summed E-state index contributed by atoms with van der Waals surface area (Å²) in [4.78, 5) is 49.5. The molecule has 36 heavy (non-hydrogen) atoms. The quantitative estimate of drug-likeness (QED) is 0.305. The van der Waals surface area contributed by atoms with E-state index in [1.54, 1.807) is 40.4 Å². The number of aromatic nitrogens is 3. The third-order valence-corrected chi connectivity index (χ3v) is 7.07. The maximum atomic E-state index is 13.5. The van der Waals surface area contributed by atoms with Crippen LogP contribution in [0.2, 0.25) is 0 Å². The lowest BCUT2D eigenvalue weighted by Crippen LogP contribution is -2.29. The Hall–Kier alpha value is -4.05. The molecule has 5 rings (SSSR count). The molecular weight excluding hydrogens is 478 g/mol. The molecule has 2 amide bonds. The Balaban J connectivity index is 1.41. The second-order valence-electron chi connectivity index (χ2n) is 8.78. The summed E-state index contributed by atoms with van der Waals surface area (Å²) in [5.74, 6) is -1.19. The largest absolute Gasteiger partial charge is 0.480 e. The number of fused-ring (bicyclic) bond motifs is 1. The third kappa shape index (κ3) is 4.59. The van der Waals surface area contributed by atoms with Gasteiger partial charge < -0.3 is 14.2 Å². The first-order valence-corrected chi connectivity index (χ1v) is 12.4. The number of nitrogens with zero attached hydrogens (tertiary/aromatic N) is 4. The lowest BCUT2D eigenvalue weighted by Gasteiger charge is -2.18. The van der Waals surface area contributed by atoms with E-state index in [4.69, 9.17) is 4.74 Å². The highest BCUT2D eigenvalue weighted by molar-refractivity contribution is 7.13. The van der Waals surface area contributed by atoms with Crippen LogP contribution < -0.4 is 10.1 Å². The van der Waals surface area contributed by atoms with Gasteiger partial charge in [0.1, 0.15) is 11.3 Å². The van der Waals surface area contributed by atoms with Gasteiger partial charge >= 0.3 is 0 Å². The molecule has 0 bridgehead atoms. The first-order valence-electron chi connectivity index (χ1n) is 11.6. The number of benzene rings is 1. The molecule has 1 N–H and O–H groups in total. The standard InChI is InChI=1S/C26H25N5O4S/c1-30-15-20-18(21(30)22(32)23(33)29-26-27-9-11-36-26)13-19(24(28-20)35-2)25(34)31-10-8-17(14-31)12-16-6-4-3-5-7-16/h3-7,9,11,13,15,17H,8,10,12,14H2,1-2H3,(H,27,29,33). The summed E-state index contributed by atoms with van der Waals surface area (Å²) < 4.78 is 6.99. The molecule has 184 valence electrons. The number of rotatable bonds is 7. The Morgan fingerprint density at radius 2 is 2.03 bits per heavy atom. The number of carbonyl (C=O) groups is 3. The van der Waals surface area contributed by atoms with Crippen LogP contribution in [0.25, 0.3) is 10.9 Å². The molecule has 0 spiro atoms. The van der Waals surface area contributed by atoms with Crippen LogP contribution in [0, 0.1) is 5.92 Å². The molecule has 10 heteroatoms. The Bertz CT molecular complexity index is 1430. The molecule has 4 heterocycles. The van der Waals surface area contributed by atoms with Crippen molar-refractivity contribution in [3.05, 3.63) is 71.0 Å². The van der Waals surface area contributed by atoms with E-state index >= 15 is 0 Å². The van der Waals surface area contributed by atoms with Crippen molar-refractivity contribution in [1.82, 2.24) is 19.4 Å². The molecule has 1 aliphatic rings. The van der Waals surface area contributed by atoms with Crippen molar-refractivity contribution < 1.29 is 19.1 Å². The number of likely N-dealkylation sites (tertiary alicyclic amines) is 1. The van der Waals surface area contributed by atoms with Crippen LogP contribution in [0.4, 0.5) is 5.13 Å². The molecule has 1 fully saturated rings. The summed E-state index contributed by atoms with van der Waals surface area (Å²) in [6, 6.07) is 11.9. The molecule has 1 unspecified atom stereocenters. The summed E-state index contributed by atoms with van der Waals surface area (Å²) in [6.07, 6.45) is 5.00. The zero-order chi connectivity index (χ0) is 25.2. The number of nitrogens with one attached hydrogen (secondary N) is 1. The third-order valence-electron chi connectivity index (χ3n) is 6.38. The van der Waals surface area contributed by atoms with Crippen molar-refractivity contribution in [1.29, 1.82) is 0 Å². The van der Waals surface area contributed by atoms with Crippen molar-refractivity contribution in [2.45, 2.75) is 12.8 Å². The normalized spacial score (nSPS) is 15.3. The highest BCUT2D eigenvalue weighted by atomic mass is 32.1. The van der Waals surface area contributed by atoms with Crippen LogP contribution >= 0.6 is 11.3 Å². The van der Waals surface area contributed by atoms with Crippen molar-refractivity contribution in [3.63, 3.8) is 0 Å². The van der Waals surface area contributed by atoms with Gasteiger partial charge in [-0.05, 0) is 30.4 Å². The average molecular weight is 504 g/mol. The number of methoxy groups -OCH3 is 1. The number of carbonyl (C=O) groups excluding carboxylic acids is 3. The van der Waals surface area contributed by atoms with E-state index in [0.29, 0.717) is 35.0 Å². The number of Topliss-reactive ketones (excluding diaryl/α,β-unsaturated/α-hetero) is 1. The summed E-state index contributed by atoms with van der Waals surface area (Å²) >= 11 is 1.22. The number of pyridine rings is 1. The Morgan fingerprint density at radius 1 is 1.22 bits per heavy atom. The fourth-order valence-corrected chi connectivity index (χ4v) is 5.20. The van der Waals surface area contributed by atoms with Crippen molar-refractivity contribution >= 4 is 45.0 Å². The van der Waals surface area contributed by atoms with E-state index < -0.39 is 11.7 Å². The predicted molar refractivity (Wildman–Crippen MR) is 136 cm³/mol. The van der Waals surface area contributed by atoms with Crippen molar-refractivity contribution in [3.8, 4) is 5.88 Å². The SMILES string of the molecule is COc1nc2cn(C)c(C(=O)C(=O)Nc3nccs3)c2cc1C(=O)N1CCC(Cc2ccccc2)C1. The number of hydrogen-bond donors (Lipinski definition) is 1. The fraction of sp³-hybridized carbons (Fsp3) is 0.269. The molecule has 9 nitrogen and oxygen atoms in total. The van der Waals surface area contributed by atoms with E-state index in [2.05, 4.69) is 27.4 Å². The maximum Gasteiger partial charge on any atom is 0.300 e. The minimum Gasteiger partial charge on any atom is -0.480 e. The molecule has 1 aromatic carbocycles. The van der Waals surface area contributed by atoms with Gasteiger partial charge in [0.25, 0.3) is 17.6 Å². The van der Waals surface area contributed by atoms with Crippen molar-refractivity contribution in [2.75, 3.05) is 25.5 Å². The lowest BCUT2D eigenvalue weighted by molar-refractivity contribution is -0.112. The topological polar surface area (TPSA) is 106 Å². The van der Waals surface area contributed by atoms with Gasteiger partial charge in [-0.3, -0.25) is 19.7 Å². The second kappa shape index (κ2) is 9.90. The second-order valence-corrected chi connectivity index (χ2v) is 9.68. The van der Waals surface area contributed by atoms with Crippen LogP contribution in [0.1, 0.15) is 32.8 Å². The maximum absolute atomic E-state index is 13.5. The van der Waals surface area contributed by atoms with E-state index in [1.165, 1.54) is 24.0 Å².